The summed E-state index contributed by atoms with van der Waals surface area (Å²) in [5.74, 6) is 0.359. The average molecular weight is 209 g/mol. The third-order valence-corrected chi connectivity index (χ3v) is 2.39. The second kappa shape index (κ2) is 3.34. The summed E-state index contributed by atoms with van der Waals surface area (Å²) >= 11 is 0. The molecule has 7 heteroatoms. The number of nitrogens with zero attached hydrogens (tertiary/aromatic N) is 4. The molecule has 0 aromatic carbocycles. The van der Waals surface area contributed by atoms with E-state index in [1.165, 1.54) is 0 Å². The number of hydrogen-bond donors (Lipinski definition) is 1. The summed E-state index contributed by atoms with van der Waals surface area (Å²) in [4.78, 5) is 19.6. The molecule has 0 atom stereocenters. The zero-order chi connectivity index (χ0) is 11.0. The van der Waals surface area contributed by atoms with Crippen LogP contribution in [0.15, 0.2) is 6.20 Å². The maximum Gasteiger partial charge on any atom is 0.329 e. The van der Waals surface area contributed by atoms with Crippen LogP contribution in [0.2, 0.25) is 0 Å². The van der Waals surface area contributed by atoms with Crippen molar-refractivity contribution in [2.75, 3.05) is 17.7 Å². The van der Waals surface area contributed by atoms with E-state index in [1.54, 1.807) is 11.9 Å². The highest BCUT2D eigenvalue weighted by Gasteiger charge is 2.31. The fraction of sp³-hybridized carbons (Fsp3) is 0.500. The molecule has 0 radical (unpaired) electrons. The Bertz CT molecular complexity index is 404. The van der Waals surface area contributed by atoms with E-state index < -0.39 is 4.92 Å². The molecule has 1 saturated carbocycles. The first-order valence-electron chi connectivity index (χ1n) is 4.59. The van der Waals surface area contributed by atoms with Crippen LogP contribution in [-0.4, -0.2) is 28.0 Å². The van der Waals surface area contributed by atoms with Crippen molar-refractivity contribution < 1.29 is 4.92 Å². The molecule has 0 amide bonds. The molecule has 0 aliphatic heterocycles. The highest BCUT2D eigenvalue weighted by atomic mass is 16.6. The van der Waals surface area contributed by atoms with Crippen molar-refractivity contribution in [1.29, 1.82) is 0 Å². The second-order valence-electron chi connectivity index (χ2n) is 3.54. The molecule has 1 fully saturated rings. The molecule has 1 heterocycles. The van der Waals surface area contributed by atoms with Crippen LogP contribution in [0.3, 0.4) is 0 Å². The summed E-state index contributed by atoms with van der Waals surface area (Å²) in [6, 6.07) is 0.345. The van der Waals surface area contributed by atoms with E-state index >= 15 is 0 Å². The maximum absolute atomic E-state index is 10.7. The quantitative estimate of drug-likeness (QED) is 0.577. The van der Waals surface area contributed by atoms with Gasteiger partial charge in [0, 0.05) is 13.1 Å². The molecule has 1 aliphatic carbocycles. The van der Waals surface area contributed by atoms with Crippen molar-refractivity contribution in [1.82, 2.24) is 9.97 Å². The average Bonchev–Trinajstić information content (AvgIpc) is 2.99. The summed E-state index contributed by atoms with van der Waals surface area (Å²) in [6.45, 7) is 0. The van der Waals surface area contributed by atoms with Gasteiger partial charge in [0.15, 0.2) is 0 Å². The third kappa shape index (κ3) is 1.80. The Balaban J connectivity index is 2.41. The number of nitrogen functional groups attached to an aromatic ring is 1. The van der Waals surface area contributed by atoms with Gasteiger partial charge in [0.1, 0.15) is 6.20 Å². The topological polar surface area (TPSA) is 98.2 Å². The van der Waals surface area contributed by atoms with Crippen LogP contribution in [0, 0.1) is 10.1 Å². The van der Waals surface area contributed by atoms with Gasteiger partial charge in [-0.25, -0.2) is 4.98 Å². The molecule has 1 aliphatic rings. The Labute approximate surface area is 86.1 Å². The van der Waals surface area contributed by atoms with Gasteiger partial charge in [-0.1, -0.05) is 0 Å². The standard InChI is InChI=1S/C8H11N5O2/c1-12(5-2-3-5)7-6(13(14)15)4-10-8(9)11-7/h4-5H,2-3H2,1H3,(H2,9,10,11). The lowest BCUT2D eigenvalue weighted by Gasteiger charge is -2.16. The number of nitrogens with two attached hydrogens (primary N) is 1. The molecule has 15 heavy (non-hydrogen) atoms. The fourth-order valence-corrected chi connectivity index (χ4v) is 1.40. The molecule has 0 saturated heterocycles. The lowest BCUT2D eigenvalue weighted by molar-refractivity contribution is -0.384. The highest BCUT2D eigenvalue weighted by Crippen LogP contribution is 2.33. The number of hydrogen-bond acceptors (Lipinski definition) is 6. The van der Waals surface area contributed by atoms with Crippen molar-refractivity contribution in [3.8, 4) is 0 Å². The number of nitro groups is 1. The normalized spacial score (nSPS) is 15.0. The van der Waals surface area contributed by atoms with E-state index in [9.17, 15) is 10.1 Å². The van der Waals surface area contributed by atoms with Crippen LogP contribution in [0.5, 0.6) is 0 Å². The Hall–Kier alpha value is -1.92. The van der Waals surface area contributed by atoms with Gasteiger partial charge in [-0.3, -0.25) is 10.1 Å². The van der Waals surface area contributed by atoms with Gasteiger partial charge in [0.05, 0.1) is 4.92 Å². The lowest BCUT2D eigenvalue weighted by atomic mass is 10.4. The van der Waals surface area contributed by atoms with Gasteiger partial charge in [-0.05, 0) is 12.8 Å². The molecule has 0 spiro atoms. The Morgan fingerprint density at radius 3 is 2.87 bits per heavy atom. The van der Waals surface area contributed by atoms with E-state index in [2.05, 4.69) is 9.97 Å². The summed E-state index contributed by atoms with van der Waals surface area (Å²) in [6.07, 6.45) is 3.23. The van der Waals surface area contributed by atoms with E-state index in [-0.39, 0.29) is 11.6 Å². The van der Waals surface area contributed by atoms with Crippen molar-refractivity contribution >= 4 is 17.5 Å². The lowest BCUT2D eigenvalue weighted by Crippen LogP contribution is -2.22. The predicted octanol–water partition coefficient (Wildman–Crippen LogP) is 0.566. The molecule has 2 N–H and O–H groups in total. The minimum absolute atomic E-state index is 0.0584. The van der Waals surface area contributed by atoms with Crippen LogP contribution in [-0.2, 0) is 0 Å². The van der Waals surface area contributed by atoms with Crippen LogP contribution >= 0.6 is 0 Å². The minimum atomic E-state index is -0.492. The number of anilines is 2. The monoisotopic (exact) mass is 209 g/mol. The van der Waals surface area contributed by atoms with Crippen LogP contribution < -0.4 is 10.6 Å². The molecular formula is C8H11N5O2. The molecular weight excluding hydrogens is 198 g/mol. The maximum atomic E-state index is 10.7. The number of rotatable bonds is 3. The van der Waals surface area contributed by atoms with Gasteiger partial charge in [-0.15, -0.1) is 0 Å². The SMILES string of the molecule is CN(c1nc(N)ncc1[N+](=O)[O-])C1CC1. The Morgan fingerprint density at radius 2 is 2.33 bits per heavy atom. The first-order chi connectivity index (χ1) is 7.09. The van der Waals surface area contributed by atoms with Gasteiger partial charge in [0.25, 0.3) is 0 Å². The molecule has 1 aromatic rings. The zero-order valence-corrected chi connectivity index (χ0v) is 8.25. The smallest absolute Gasteiger partial charge is 0.329 e. The van der Waals surface area contributed by atoms with E-state index in [1.807, 2.05) is 0 Å². The van der Waals surface area contributed by atoms with Crippen LogP contribution in [0.1, 0.15) is 12.8 Å². The second-order valence-corrected chi connectivity index (χ2v) is 3.54. The number of aromatic nitrogens is 2. The van der Waals surface area contributed by atoms with Crippen molar-refractivity contribution in [2.45, 2.75) is 18.9 Å². The summed E-state index contributed by atoms with van der Waals surface area (Å²) < 4.78 is 0. The van der Waals surface area contributed by atoms with Crippen molar-refractivity contribution in [2.24, 2.45) is 0 Å². The van der Waals surface area contributed by atoms with Crippen molar-refractivity contribution in [3.05, 3.63) is 16.3 Å². The summed E-state index contributed by atoms with van der Waals surface area (Å²) in [5.41, 5.74) is 5.32. The van der Waals surface area contributed by atoms with E-state index in [0.717, 1.165) is 19.0 Å². The van der Waals surface area contributed by atoms with Gasteiger partial charge >= 0.3 is 5.69 Å². The molecule has 2 rings (SSSR count). The molecule has 1 aromatic heterocycles. The van der Waals surface area contributed by atoms with Crippen LogP contribution in [0.4, 0.5) is 17.5 Å². The van der Waals surface area contributed by atoms with E-state index in [4.69, 9.17) is 5.73 Å². The van der Waals surface area contributed by atoms with Crippen molar-refractivity contribution in [3.63, 3.8) is 0 Å². The van der Waals surface area contributed by atoms with Gasteiger partial charge < -0.3 is 10.6 Å². The van der Waals surface area contributed by atoms with Gasteiger partial charge in [-0.2, -0.15) is 4.98 Å². The Kier molecular flexibility index (Phi) is 2.14. The first-order valence-corrected chi connectivity index (χ1v) is 4.59. The zero-order valence-electron chi connectivity index (χ0n) is 8.25. The molecule has 80 valence electrons. The van der Waals surface area contributed by atoms with E-state index in [0.29, 0.717) is 11.9 Å². The van der Waals surface area contributed by atoms with Gasteiger partial charge in [0.2, 0.25) is 11.8 Å². The highest BCUT2D eigenvalue weighted by molar-refractivity contribution is 5.59. The minimum Gasteiger partial charge on any atom is -0.368 e. The van der Waals surface area contributed by atoms with Crippen LogP contribution in [0.25, 0.3) is 0 Å². The largest absolute Gasteiger partial charge is 0.368 e. The first kappa shape index (κ1) is 9.63. The third-order valence-electron chi connectivity index (χ3n) is 2.39. The summed E-state index contributed by atoms with van der Waals surface area (Å²) in [7, 11) is 1.78. The molecule has 7 nitrogen and oxygen atoms in total. The predicted molar refractivity (Wildman–Crippen MR) is 54.5 cm³/mol. The Morgan fingerprint density at radius 1 is 1.67 bits per heavy atom. The molecule has 0 unspecified atom stereocenters. The molecule has 0 bridgehead atoms. The summed E-state index contributed by atoms with van der Waals surface area (Å²) in [5, 5.41) is 10.7. The fourth-order valence-electron chi connectivity index (χ4n) is 1.40.